The summed E-state index contributed by atoms with van der Waals surface area (Å²) in [5.41, 5.74) is 2.72. The lowest BCUT2D eigenvalue weighted by Gasteiger charge is -2.01. The Labute approximate surface area is 134 Å². The fourth-order valence-electron chi connectivity index (χ4n) is 2.19. The zero-order valence-electron chi connectivity index (χ0n) is 12.6. The van der Waals surface area contributed by atoms with E-state index in [1.54, 1.807) is 13.2 Å². The Morgan fingerprint density at radius 1 is 1.09 bits per heavy atom. The van der Waals surface area contributed by atoms with Crippen LogP contribution in [0.2, 0.25) is 0 Å². The SMILES string of the molecule is COc1ccc(-c2nocc2C(=O)/C=C/c2ccccc2)cc1. The highest BCUT2D eigenvalue weighted by Gasteiger charge is 2.15. The fourth-order valence-corrected chi connectivity index (χ4v) is 2.19. The highest BCUT2D eigenvalue weighted by Crippen LogP contribution is 2.25. The molecule has 4 heteroatoms. The van der Waals surface area contributed by atoms with E-state index in [9.17, 15) is 4.79 Å². The van der Waals surface area contributed by atoms with Gasteiger partial charge in [0.2, 0.25) is 0 Å². The molecule has 0 radical (unpaired) electrons. The monoisotopic (exact) mass is 305 g/mol. The third-order valence-corrected chi connectivity index (χ3v) is 3.43. The largest absolute Gasteiger partial charge is 0.497 e. The molecule has 0 saturated carbocycles. The molecule has 23 heavy (non-hydrogen) atoms. The summed E-state index contributed by atoms with van der Waals surface area (Å²) in [7, 11) is 1.61. The molecule has 3 rings (SSSR count). The lowest BCUT2D eigenvalue weighted by atomic mass is 10.0. The second-order valence-corrected chi connectivity index (χ2v) is 4.91. The van der Waals surface area contributed by atoms with Crippen molar-refractivity contribution in [3.05, 3.63) is 78.1 Å². The van der Waals surface area contributed by atoms with E-state index in [0.717, 1.165) is 16.9 Å². The summed E-state index contributed by atoms with van der Waals surface area (Å²) in [6, 6.07) is 17.0. The van der Waals surface area contributed by atoms with Crippen LogP contribution in [-0.2, 0) is 0 Å². The van der Waals surface area contributed by atoms with E-state index in [4.69, 9.17) is 9.26 Å². The van der Waals surface area contributed by atoms with Gasteiger partial charge < -0.3 is 9.26 Å². The molecular weight excluding hydrogens is 290 g/mol. The van der Waals surface area contributed by atoms with Gasteiger partial charge >= 0.3 is 0 Å². The number of ketones is 1. The van der Waals surface area contributed by atoms with Crippen LogP contribution < -0.4 is 4.74 Å². The number of nitrogens with zero attached hydrogens (tertiary/aromatic N) is 1. The van der Waals surface area contributed by atoms with E-state index < -0.39 is 0 Å². The molecule has 0 bridgehead atoms. The molecule has 3 aromatic rings. The number of ether oxygens (including phenoxy) is 1. The quantitative estimate of drug-likeness (QED) is 0.522. The molecular formula is C19H15NO3. The van der Waals surface area contributed by atoms with E-state index in [1.807, 2.05) is 54.6 Å². The molecule has 0 spiro atoms. The van der Waals surface area contributed by atoms with Gasteiger partial charge in [-0.25, -0.2) is 0 Å². The van der Waals surface area contributed by atoms with Crippen molar-refractivity contribution in [2.75, 3.05) is 7.11 Å². The minimum Gasteiger partial charge on any atom is -0.497 e. The van der Waals surface area contributed by atoms with E-state index in [-0.39, 0.29) is 5.78 Å². The minimum absolute atomic E-state index is 0.152. The molecule has 114 valence electrons. The number of rotatable bonds is 5. The maximum Gasteiger partial charge on any atom is 0.191 e. The van der Waals surface area contributed by atoms with E-state index >= 15 is 0 Å². The van der Waals surface area contributed by atoms with Gasteiger partial charge in [0.25, 0.3) is 0 Å². The Morgan fingerprint density at radius 2 is 1.83 bits per heavy atom. The predicted octanol–water partition coefficient (Wildman–Crippen LogP) is 4.25. The van der Waals surface area contributed by atoms with Crippen LogP contribution in [0.15, 0.2) is 71.5 Å². The standard InChI is InChI=1S/C19H15NO3/c1-22-16-10-8-15(9-11-16)19-17(13-23-20-19)18(21)12-7-14-5-3-2-4-6-14/h2-13H,1H3/b12-7+. The number of allylic oxidation sites excluding steroid dienone is 1. The van der Waals surface area contributed by atoms with Crippen LogP contribution in [0.5, 0.6) is 5.75 Å². The van der Waals surface area contributed by atoms with Crippen molar-refractivity contribution in [3.63, 3.8) is 0 Å². The molecule has 0 aliphatic carbocycles. The summed E-state index contributed by atoms with van der Waals surface area (Å²) in [4.78, 5) is 12.4. The molecule has 0 unspecified atom stereocenters. The van der Waals surface area contributed by atoms with Crippen LogP contribution in [0.3, 0.4) is 0 Å². The fraction of sp³-hybridized carbons (Fsp3) is 0.0526. The topological polar surface area (TPSA) is 52.3 Å². The third kappa shape index (κ3) is 3.37. The lowest BCUT2D eigenvalue weighted by Crippen LogP contribution is -1.95. The number of aromatic nitrogens is 1. The molecule has 1 heterocycles. The van der Waals surface area contributed by atoms with Crippen molar-refractivity contribution in [2.24, 2.45) is 0 Å². The molecule has 1 aromatic heterocycles. The van der Waals surface area contributed by atoms with Gasteiger partial charge in [-0.2, -0.15) is 0 Å². The highest BCUT2D eigenvalue weighted by atomic mass is 16.5. The first-order chi connectivity index (χ1) is 11.3. The summed E-state index contributed by atoms with van der Waals surface area (Å²) in [5, 5.41) is 3.95. The Bertz CT molecular complexity index is 817. The van der Waals surface area contributed by atoms with Crippen LogP contribution in [0.4, 0.5) is 0 Å². The Hall–Kier alpha value is -3.14. The normalized spacial score (nSPS) is 10.8. The summed E-state index contributed by atoms with van der Waals surface area (Å²) in [6.45, 7) is 0. The smallest absolute Gasteiger partial charge is 0.191 e. The Kier molecular flexibility index (Phi) is 4.34. The number of benzene rings is 2. The first-order valence-electron chi connectivity index (χ1n) is 7.14. The molecule has 2 aromatic carbocycles. The number of hydrogen-bond donors (Lipinski definition) is 0. The first-order valence-corrected chi connectivity index (χ1v) is 7.14. The van der Waals surface area contributed by atoms with Gasteiger partial charge in [-0.3, -0.25) is 4.79 Å². The zero-order valence-corrected chi connectivity index (χ0v) is 12.6. The first kappa shape index (κ1) is 14.8. The average molecular weight is 305 g/mol. The Morgan fingerprint density at radius 3 is 2.52 bits per heavy atom. The van der Waals surface area contributed by atoms with Crippen molar-refractivity contribution in [2.45, 2.75) is 0 Å². The zero-order chi connectivity index (χ0) is 16.1. The van der Waals surface area contributed by atoms with Crippen LogP contribution in [0.25, 0.3) is 17.3 Å². The van der Waals surface area contributed by atoms with Gasteiger partial charge in [0.15, 0.2) is 5.78 Å². The van der Waals surface area contributed by atoms with Crippen LogP contribution in [0, 0.1) is 0 Å². The van der Waals surface area contributed by atoms with Gasteiger partial charge in [0.1, 0.15) is 17.7 Å². The van der Waals surface area contributed by atoms with Gasteiger partial charge in [-0.15, -0.1) is 0 Å². The van der Waals surface area contributed by atoms with E-state index in [0.29, 0.717) is 11.3 Å². The van der Waals surface area contributed by atoms with E-state index in [1.165, 1.54) is 12.3 Å². The number of carbonyl (C=O) groups is 1. The Balaban J connectivity index is 1.85. The summed E-state index contributed by atoms with van der Waals surface area (Å²) in [5.74, 6) is 0.593. The molecule has 0 amide bonds. The van der Waals surface area contributed by atoms with Crippen molar-refractivity contribution in [3.8, 4) is 17.0 Å². The molecule has 0 atom stereocenters. The lowest BCUT2D eigenvalue weighted by molar-refractivity contribution is 0.104. The van der Waals surface area contributed by atoms with Gasteiger partial charge in [-0.05, 0) is 35.9 Å². The molecule has 0 aliphatic rings. The van der Waals surface area contributed by atoms with Crippen LogP contribution in [-0.4, -0.2) is 18.0 Å². The second kappa shape index (κ2) is 6.75. The van der Waals surface area contributed by atoms with Gasteiger partial charge in [0.05, 0.1) is 12.7 Å². The van der Waals surface area contributed by atoms with Gasteiger partial charge in [-0.1, -0.05) is 41.6 Å². The predicted molar refractivity (Wildman–Crippen MR) is 88.3 cm³/mol. The molecule has 0 N–H and O–H groups in total. The molecule has 4 nitrogen and oxygen atoms in total. The van der Waals surface area contributed by atoms with Crippen LogP contribution >= 0.6 is 0 Å². The molecule has 0 saturated heterocycles. The molecule has 0 aliphatic heterocycles. The number of methoxy groups -OCH3 is 1. The highest BCUT2D eigenvalue weighted by molar-refractivity contribution is 6.10. The molecule has 0 fully saturated rings. The van der Waals surface area contributed by atoms with Crippen molar-refractivity contribution in [1.82, 2.24) is 5.16 Å². The number of hydrogen-bond acceptors (Lipinski definition) is 4. The van der Waals surface area contributed by atoms with Crippen molar-refractivity contribution < 1.29 is 14.1 Å². The van der Waals surface area contributed by atoms with Crippen molar-refractivity contribution in [1.29, 1.82) is 0 Å². The average Bonchev–Trinajstić information content (AvgIpc) is 3.10. The maximum atomic E-state index is 12.4. The van der Waals surface area contributed by atoms with Crippen molar-refractivity contribution >= 4 is 11.9 Å². The minimum atomic E-state index is -0.152. The summed E-state index contributed by atoms with van der Waals surface area (Å²) in [6.07, 6.45) is 4.67. The summed E-state index contributed by atoms with van der Waals surface area (Å²) < 4.78 is 10.1. The third-order valence-electron chi connectivity index (χ3n) is 3.43. The van der Waals surface area contributed by atoms with Gasteiger partial charge in [0, 0.05) is 5.56 Å². The number of carbonyl (C=O) groups excluding carboxylic acids is 1. The second-order valence-electron chi connectivity index (χ2n) is 4.91. The van der Waals surface area contributed by atoms with E-state index in [2.05, 4.69) is 5.16 Å². The summed E-state index contributed by atoms with van der Waals surface area (Å²) >= 11 is 0. The maximum absolute atomic E-state index is 12.4. The van der Waals surface area contributed by atoms with Crippen LogP contribution in [0.1, 0.15) is 15.9 Å².